The van der Waals surface area contributed by atoms with E-state index in [-0.39, 0.29) is 11.8 Å². The van der Waals surface area contributed by atoms with Gasteiger partial charge in [-0.1, -0.05) is 24.1 Å². The molecule has 4 aromatic rings. The predicted molar refractivity (Wildman–Crippen MR) is 124 cm³/mol. The van der Waals surface area contributed by atoms with Crippen LogP contribution in [0.1, 0.15) is 30.2 Å². The third-order valence-corrected chi connectivity index (χ3v) is 5.67. The molecule has 0 aliphatic heterocycles. The molecule has 0 bridgehead atoms. The van der Waals surface area contributed by atoms with Crippen molar-refractivity contribution < 1.29 is 4.79 Å². The highest BCUT2D eigenvalue weighted by Gasteiger charge is 2.39. The van der Waals surface area contributed by atoms with Gasteiger partial charge in [-0.2, -0.15) is 0 Å². The van der Waals surface area contributed by atoms with Gasteiger partial charge in [-0.3, -0.25) is 4.79 Å². The summed E-state index contributed by atoms with van der Waals surface area (Å²) in [5, 5.41) is 15.5. The second-order valence-electron chi connectivity index (χ2n) is 8.10. The highest BCUT2D eigenvalue weighted by Crippen LogP contribution is 2.38. The number of fused-ring (bicyclic) bond motifs is 1. The minimum Gasteiger partial charge on any atom is -0.373 e. The number of carbonyl (C=O) groups excluding carboxylic acids is 1. The van der Waals surface area contributed by atoms with Crippen molar-refractivity contribution in [2.24, 2.45) is 11.8 Å². The monoisotopic (exact) mass is 438 g/mol. The Bertz CT molecular complexity index is 1370. The molecule has 0 unspecified atom stereocenters. The molecule has 4 heterocycles. The molecular weight excluding hydrogens is 416 g/mol. The molecule has 2 atom stereocenters. The van der Waals surface area contributed by atoms with E-state index in [1.165, 1.54) is 0 Å². The van der Waals surface area contributed by atoms with Crippen LogP contribution in [0.4, 0.5) is 11.6 Å². The van der Waals surface area contributed by atoms with Crippen molar-refractivity contribution in [3.63, 3.8) is 0 Å². The van der Waals surface area contributed by atoms with Gasteiger partial charge in [0.05, 0.1) is 18.3 Å². The zero-order valence-electron chi connectivity index (χ0n) is 18.3. The standard InChI is InChI=1S/C24H22N8O/c1-15-9-19(15)24(33)30-22-10-20-17(12-28-23(25-2)21(20)13-27-22)4-6-18-5-3-16(11-26-18)14-32-8-7-29-31-32/h3,5,7-8,10-13,15,19H,9,14H2,1-2H3,(H,25,28)(H,27,30,33)/t15-,19+/m1/s1. The van der Waals surface area contributed by atoms with Crippen LogP contribution in [-0.2, 0) is 11.3 Å². The van der Waals surface area contributed by atoms with Crippen LogP contribution < -0.4 is 10.6 Å². The molecule has 33 heavy (non-hydrogen) atoms. The van der Waals surface area contributed by atoms with Crippen molar-refractivity contribution in [1.29, 1.82) is 0 Å². The number of rotatable bonds is 5. The Morgan fingerprint density at radius 3 is 2.73 bits per heavy atom. The fourth-order valence-corrected chi connectivity index (χ4v) is 3.64. The second-order valence-corrected chi connectivity index (χ2v) is 8.10. The summed E-state index contributed by atoms with van der Waals surface area (Å²) in [6.45, 7) is 2.67. The Kier molecular flexibility index (Phi) is 5.40. The molecule has 1 aliphatic rings. The van der Waals surface area contributed by atoms with Gasteiger partial charge in [0.15, 0.2) is 0 Å². The van der Waals surface area contributed by atoms with Crippen LogP contribution in [-0.4, -0.2) is 42.9 Å². The summed E-state index contributed by atoms with van der Waals surface area (Å²) in [7, 11) is 1.81. The average Bonchev–Trinajstić information content (AvgIpc) is 3.34. The van der Waals surface area contributed by atoms with Crippen molar-refractivity contribution in [1.82, 2.24) is 29.9 Å². The van der Waals surface area contributed by atoms with Crippen LogP contribution in [0.2, 0.25) is 0 Å². The molecule has 0 radical (unpaired) electrons. The van der Waals surface area contributed by atoms with Gasteiger partial charge in [0, 0.05) is 48.5 Å². The number of carbonyl (C=O) groups is 1. The number of aromatic nitrogens is 6. The summed E-state index contributed by atoms with van der Waals surface area (Å²) in [4.78, 5) is 25.6. The van der Waals surface area contributed by atoms with E-state index in [0.717, 1.165) is 28.3 Å². The first-order chi connectivity index (χ1) is 16.1. The zero-order chi connectivity index (χ0) is 22.8. The number of nitrogens with zero attached hydrogens (tertiary/aromatic N) is 6. The molecule has 1 fully saturated rings. The minimum absolute atomic E-state index is 0.0139. The molecule has 9 nitrogen and oxygen atoms in total. The van der Waals surface area contributed by atoms with E-state index in [4.69, 9.17) is 0 Å². The quantitative estimate of drug-likeness (QED) is 0.461. The second kappa shape index (κ2) is 8.67. The maximum atomic E-state index is 12.3. The van der Waals surface area contributed by atoms with Crippen LogP contribution in [0.3, 0.4) is 0 Å². The smallest absolute Gasteiger partial charge is 0.228 e. The summed E-state index contributed by atoms with van der Waals surface area (Å²) in [5.74, 6) is 8.01. The van der Waals surface area contributed by atoms with Crippen LogP contribution in [0.5, 0.6) is 0 Å². The van der Waals surface area contributed by atoms with Crippen molar-refractivity contribution in [2.45, 2.75) is 19.9 Å². The Labute approximate surface area is 190 Å². The van der Waals surface area contributed by atoms with E-state index < -0.39 is 0 Å². The molecule has 0 spiro atoms. The van der Waals surface area contributed by atoms with Gasteiger partial charge in [-0.05, 0) is 36.0 Å². The van der Waals surface area contributed by atoms with E-state index in [1.54, 1.807) is 35.7 Å². The summed E-state index contributed by atoms with van der Waals surface area (Å²) >= 11 is 0. The zero-order valence-corrected chi connectivity index (χ0v) is 18.3. The molecule has 5 rings (SSSR count). The number of pyridine rings is 3. The van der Waals surface area contributed by atoms with E-state index in [9.17, 15) is 4.79 Å². The molecule has 2 N–H and O–H groups in total. The number of hydrogen-bond acceptors (Lipinski definition) is 7. The van der Waals surface area contributed by atoms with Crippen LogP contribution in [0, 0.1) is 23.7 Å². The van der Waals surface area contributed by atoms with Crippen molar-refractivity contribution in [2.75, 3.05) is 17.7 Å². The Balaban J connectivity index is 1.42. The fourth-order valence-electron chi connectivity index (χ4n) is 3.64. The van der Waals surface area contributed by atoms with E-state index in [0.29, 0.717) is 29.8 Å². The minimum atomic E-state index is 0.0139. The fraction of sp³-hybridized carbons (Fsp3) is 0.250. The SMILES string of the molecule is CNc1ncc(C#Cc2ccc(Cn3ccnn3)cn2)c2cc(NC(=O)[C@H]3C[C@H]3C)ncc12. The lowest BCUT2D eigenvalue weighted by Gasteiger charge is -2.09. The molecule has 4 aromatic heterocycles. The normalized spacial score (nSPS) is 16.7. The topological polar surface area (TPSA) is 111 Å². The van der Waals surface area contributed by atoms with Gasteiger partial charge in [-0.25, -0.2) is 19.6 Å². The summed E-state index contributed by atoms with van der Waals surface area (Å²) < 4.78 is 1.73. The van der Waals surface area contributed by atoms with Crippen molar-refractivity contribution in [3.05, 3.63) is 66.0 Å². The number of hydrogen-bond donors (Lipinski definition) is 2. The predicted octanol–water partition coefficient (Wildman–Crippen LogP) is 2.70. The molecule has 1 amide bonds. The van der Waals surface area contributed by atoms with Gasteiger partial charge in [0.1, 0.15) is 17.3 Å². The average molecular weight is 438 g/mol. The third-order valence-electron chi connectivity index (χ3n) is 5.67. The van der Waals surface area contributed by atoms with E-state index in [2.05, 4.69) is 54.7 Å². The first kappa shape index (κ1) is 20.6. The molecule has 0 saturated heterocycles. The lowest BCUT2D eigenvalue weighted by Crippen LogP contribution is -2.15. The highest BCUT2D eigenvalue weighted by atomic mass is 16.2. The van der Waals surface area contributed by atoms with E-state index in [1.807, 2.05) is 25.2 Å². The van der Waals surface area contributed by atoms with Gasteiger partial charge in [-0.15, -0.1) is 5.10 Å². The van der Waals surface area contributed by atoms with Gasteiger partial charge in [0.2, 0.25) is 5.91 Å². The van der Waals surface area contributed by atoms with Crippen LogP contribution in [0.25, 0.3) is 10.8 Å². The Morgan fingerprint density at radius 1 is 1.15 bits per heavy atom. The van der Waals surface area contributed by atoms with Crippen molar-refractivity contribution in [3.8, 4) is 11.8 Å². The third kappa shape index (κ3) is 4.50. The van der Waals surface area contributed by atoms with Gasteiger partial charge >= 0.3 is 0 Å². The Hall–Kier alpha value is -4.32. The van der Waals surface area contributed by atoms with Crippen LogP contribution in [0.15, 0.2) is 49.2 Å². The van der Waals surface area contributed by atoms with E-state index >= 15 is 0 Å². The lowest BCUT2D eigenvalue weighted by atomic mass is 10.1. The Morgan fingerprint density at radius 2 is 2.03 bits per heavy atom. The summed E-state index contributed by atoms with van der Waals surface area (Å²) in [6.07, 6.45) is 9.58. The highest BCUT2D eigenvalue weighted by molar-refractivity contribution is 5.99. The molecule has 1 aliphatic carbocycles. The molecule has 9 heteroatoms. The van der Waals surface area contributed by atoms with Crippen LogP contribution >= 0.6 is 0 Å². The molecule has 164 valence electrons. The summed E-state index contributed by atoms with van der Waals surface area (Å²) in [5.41, 5.74) is 2.39. The lowest BCUT2D eigenvalue weighted by molar-refractivity contribution is -0.117. The largest absolute Gasteiger partial charge is 0.373 e. The maximum absolute atomic E-state index is 12.3. The van der Waals surface area contributed by atoms with Gasteiger partial charge < -0.3 is 10.6 Å². The van der Waals surface area contributed by atoms with Crippen molar-refractivity contribution >= 4 is 28.3 Å². The maximum Gasteiger partial charge on any atom is 0.228 e. The summed E-state index contributed by atoms with van der Waals surface area (Å²) in [6, 6.07) is 5.69. The van der Waals surface area contributed by atoms with Gasteiger partial charge in [0.25, 0.3) is 0 Å². The number of nitrogens with one attached hydrogen (secondary N) is 2. The first-order valence-corrected chi connectivity index (χ1v) is 10.7. The molecule has 1 saturated carbocycles. The molecular formula is C24H22N8O. The first-order valence-electron chi connectivity index (χ1n) is 10.7. The number of amides is 1. The number of anilines is 2. The molecule has 0 aromatic carbocycles.